The van der Waals surface area contributed by atoms with Crippen molar-refractivity contribution in [3.63, 3.8) is 0 Å². The predicted molar refractivity (Wildman–Crippen MR) is 93.7 cm³/mol. The van der Waals surface area contributed by atoms with E-state index < -0.39 is 18.6 Å². The number of fused-ring (bicyclic) bond motifs is 1. The number of nitrogens with zero attached hydrogens (tertiary/aromatic N) is 1. The highest BCUT2D eigenvalue weighted by atomic mass is 32.2. The molecule has 2 unspecified atom stereocenters. The number of carbonyl (C=O) groups is 3. The minimum absolute atomic E-state index is 0.0294. The summed E-state index contributed by atoms with van der Waals surface area (Å²) >= 11 is 1.65. The van der Waals surface area contributed by atoms with E-state index in [1.165, 1.54) is 0 Å². The molecule has 2 aliphatic heterocycles. The Bertz CT molecular complexity index is 738. The van der Waals surface area contributed by atoms with E-state index in [4.69, 9.17) is 9.84 Å². The minimum Gasteiger partial charge on any atom is -0.482 e. The van der Waals surface area contributed by atoms with Crippen LogP contribution in [0.5, 0.6) is 5.75 Å². The Morgan fingerprint density at radius 2 is 2.24 bits per heavy atom. The first-order chi connectivity index (χ1) is 11.8. The van der Waals surface area contributed by atoms with Crippen molar-refractivity contribution in [2.75, 3.05) is 17.7 Å². The van der Waals surface area contributed by atoms with Crippen molar-refractivity contribution >= 4 is 35.2 Å². The molecular formula is C17H20N2O5S. The molecule has 25 heavy (non-hydrogen) atoms. The number of carboxylic acids is 1. The molecule has 0 radical (unpaired) electrons. The summed E-state index contributed by atoms with van der Waals surface area (Å²) in [5.74, 6) is -0.202. The fourth-order valence-electron chi connectivity index (χ4n) is 3.24. The van der Waals surface area contributed by atoms with Gasteiger partial charge in [-0.15, -0.1) is 11.8 Å². The van der Waals surface area contributed by atoms with Gasteiger partial charge in [0.05, 0.1) is 4.87 Å². The summed E-state index contributed by atoms with van der Waals surface area (Å²) in [5, 5.41) is 11.5. The molecule has 2 atom stereocenters. The molecule has 2 N–H and O–H groups in total. The van der Waals surface area contributed by atoms with Crippen molar-refractivity contribution in [3.8, 4) is 5.75 Å². The third-order valence-corrected chi connectivity index (χ3v) is 6.07. The fourth-order valence-corrected chi connectivity index (χ4v) is 4.67. The highest BCUT2D eigenvalue weighted by Gasteiger charge is 2.52. The van der Waals surface area contributed by atoms with Crippen LogP contribution in [0.25, 0.3) is 0 Å². The normalized spacial score (nSPS) is 25.0. The van der Waals surface area contributed by atoms with Crippen molar-refractivity contribution in [3.05, 3.63) is 23.8 Å². The number of ether oxygens (including phenoxy) is 1. The molecule has 8 heteroatoms. The third kappa shape index (κ3) is 3.44. The summed E-state index contributed by atoms with van der Waals surface area (Å²) in [5.41, 5.74) is 1.38. The van der Waals surface area contributed by atoms with Crippen molar-refractivity contribution in [1.29, 1.82) is 0 Å². The van der Waals surface area contributed by atoms with Gasteiger partial charge in [-0.3, -0.25) is 9.59 Å². The molecule has 1 aromatic carbocycles. The number of amides is 2. The second kappa shape index (κ2) is 6.59. The lowest BCUT2D eigenvalue weighted by molar-refractivity contribution is -0.139. The summed E-state index contributed by atoms with van der Waals surface area (Å²) in [6.07, 6.45) is 1.26. The zero-order valence-electron chi connectivity index (χ0n) is 14.1. The molecule has 2 aliphatic rings. The molecular weight excluding hydrogens is 344 g/mol. The van der Waals surface area contributed by atoms with Crippen LogP contribution in [0.2, 0.25) is 0 Å². The number of thioether (sulfide) groups is 1. The third-order valence-electron chi connectivity index (χ3n) is 4.57. The number of hydrogen-bond donors (Lipinski definition) is 2. The SMILES string of the molecule is Cc1cc(OCC(=O)O)ccc1NC(=O)C1CSC2(C)CCC(=O)N12. The van der Waals surface area contributed by atoms with Crippen LogP contribution in [-0.4, -0.2) is 51.1 Å². The van der Waals surface area contributed by atoms with Gasteiger partial charge in [0, 0.05) is 17.9 Å². The Morgan fingerprint density at radius 1 is 1.48 bits per heavy atom. The second-order valence-corrected chi connectivity index (χ2v) is 7.92. The fraction of sp³-hybridized carbons (Fsp3) is 0.471. The largest absolute Gasteiger partial charge is 0.482 e. The number of carbonyl (C=O) groups excluding carboxylic acids is 2. The van der Waals surface area contributed by atoms with Crippen molar-refractivity contribution < 1.29 is 24.2 Å². The van der Waals surface area contributed by atoms with Crippen LogP contribution in [0.1, 0.15) is 25.3 Å². The maximum atomic E-state index is 12.7. The zero-order valence-corrected chi connectivity index (χ0v) is 14.9. The van der Waals surface area contributed by atoms with Crippen LogP contribution in [-0.2, 0) is 14.4 Å². The summed E-state index contributed by atoms with van der Waals surface area (Å²) < 4.78 is 5.12. The number of carboxylic acid groups (broad SMARTS) is 1. The highest BCUT2D eigenvalue weighted by molar-refractivity contribution is 8.01. The van der Waals surface area contributed by atoms with E-state index in [0.717, 1.165) is 12.0 Å². The summed E-state index contributed by atoms with van der Waals surface area (Å²) in [6.45, 7) is 3.40. The van der Waals surface area contributed by atoms with Crippen LogP contribution >= 0.6 is 11.8 Å². The first kappa shape index (κ1) is 17.6. The van der Waals surface area contributed by atoms with Gasteiger partial charge in [-0.2, -0.15) is 0 Å². The number of benzene rings is 1. The smallest absolute Gasteiger partial charge is 0.341 e. The molecule has 1 aromatic rings. The summed E-state index contributed by atoms with van der Waals surface area (Å²) in [6, 6.07) is 4.50. The minimum atomic E-state index is -1.05. The number of hydrogen-bond acceptors (Lipinski definition) is 5. The molecule has 0 bridgehead atoms. The van der Waals surface area contributed by atoms with Gasteiger partial charge in [-0.05, 0) is 44.0 Å². The first-order valence-electron chi connectivity index (χ1n) is 8.02. The Kier molecular flexibility index (Phi) is 4.64. The van der Waals surface area contributed by atoms with E-state index in [2.05, 4.69) is 5.32 Å². The number of nitrogens with one attached hydrogen (secondary N) is 1. The van der Waals surface area contributed by atoms with Gasteiger partial charge in [0.2, 0.25) is 11.8 Å². The van der Waals surface area contributed by atoms with E-state index in [-0.39, 0.29) is 16.7 Å². The van der Waals surface area contributed by atoms with E-state index in [0.29, 0.717) is 23.6 Å². The lowest BCUT2D eigenvalue weighted by Crippen LogP contribution is -2.48. The van der Waals surface area contributed by atoms with E-state index in [1.54, 1.807) is 41.8 Å². The molecule has 134 valence electrons. The van der Waals surface area contributed by atoms with Gasteiger partial charge in [0.25, 0.3) is 0 Å². The van der Waals surface area contributed by atoms with Crippen LogP contribution in [0.3, 0.4) is 0 Å². The van der Waals surface area contributed by atoms with Gasteiger partial charge in [-0.25, -0.2) is 4.79 Å². The van der Waals surface area contributed by atoms with E-state index in [9.17, 15) is 14.4 Å². The Labute approximate surface area is 149 Å². The predicted octanol–water partition coefficient (Wildman–Crippen LogP) is 1.85. The van der Waals surface area contributed by atoms with Crippen LogP contribution in [0.15, 0.2) is 18.2 Å². The lowest BCUT2D eigenvalue weighted by Gasteiger charge is -2.30. The summed E-state index contributed by atoms with van der Waals surface area (Å²) in [7, 11) is 0. The monoisotopic (exact) mass is 364 g/mol. The average Bonchev–Trinajstić information content (AvgIpc) is 3.04. The van der Waals surface area contributed by atoms with Gasteiger partial charge >= 0.3 is 5.97 Å². The lowest BCUT2D eigenvalue weighted by atomic mass is 10.1. The molecule has 0 aliphatic carbocycles. The van der Waals surface area contributed by atoms with Crippen molar-refractivity contribution in [2.24, 2.45) is 0 Å². The number of anilines is 1. The van der Waals surface area contributed by atoms with E-state index >= 15 is 0 Å². The number of rotatable bonds is 5. The molecule has 0 saturated carbocycles. The van der Waals surface area contributed by atoms with Crippen LogP contribution in [0, 0.1) is 6.92 Å². The maximum Gasteiger partial charge on any atom is 0.341 e. The second-order valence-electron chi connectivity index (χ2n) is 6.41. The molecule has 2 amide bonds. The Morgan fingerprint density at radius 3 is 2.92 bits per heavy atom. The average molecular weight is 364 g/mol. The van der Waals surface area contributed by atoms with Crippen molar-refractivity contribution in [1.82, 2.24) is 4.90 Å². The molecule has 2 saturated heterocycles. The molecule has 0 spiro atoms. The number of aryl methyl sites for hydroxylation is 1. The quantitative estimate of drug-likeness (QED) is 0.828. The molecule has 3 rings (SSSR count). The topological polar surface area (TPSA) is 95.9 Å². The van der Waals surface area contributed by atoms with Gasteiger partial charge in [-0.1, -0.05) is 0 Å². The Hall–Kier alpha value is -2.22. The van der Waals surface area contributed by atoms with Crippen LogP contribution in [0.4, 0.5) is 5.69 Å². The standard InChI is InChI=1S/C17H20N2O5S/c1-10-7-11(24-8-15(21)22)3-4-12(10)18-16(23)13-9-25-17(2)6-5-14(20)19(13)17/h3-4,7,13H,5-6,8-9H2,1-2H3,(H,18,23)(H,21,22). The van der Waals surface area contributed by atoms with Gasteiger partial charge < -0.3 is 20.1 Å². The maximum absolute atomic E-state index is 12.7. The van der Waals surface area contributed by atoms with Crippen molar-refractivity contribution in [2.45, 2.75) is 37.6 Å². The highest BCUT2D eigenvalue weighted by Crippen LogP contribution is 2.47. The molecule has 0 aromatic heterocycles. The Balaban J connectivity index is 1.69. The van der Waals surface area contributed by atoms with E-state index in [1.807, 2.05) is 6.92 Å². The van der Waals surface area contributed by atoms with Gasteiger partial charge in [0.15, 0.2) is 6.61 Å². The summed E-state index contributed by atoms with van der Waals surface area (Å²) in [4.78, 5) is 36.8. The molecule has 2 fully saturated rings. The molecule has 2 heterocycles. The van der Waals surface area contributed by atoms with Crippen LogP contribution < -0.4 is 10.1 Å². The zero-order chi connectivity index (χ0) is 18.2. The molecule has 7 nitrogen and oxygen atoms in total. The van der Waals surface area contributed by atoms with Gasteiger partial charge in [0.1, 0.15) is 11.8 Å². The first-order valence-corrected chi connectivity index (χ1v) is 9.01. The number of aliphatic carboxylic acids is 1.